The number of carbonyl (C=O) groups excluding carboxylic acids is 1. The molecule has 0 aliphatic rings. The molecule has 3 nitrogen and oxygen atoms in total. The van der Waals surface area contributed by atoms with Gasteiger partial charge in [-0.25, -0.2) is 0 Å². The van der Waals surface area contributed by atoms with Crippen molar-refractivity contribution in [2.45, 2.75) is 26.9 Å². The van der Waals surface area contributed by atoms with Gasteiger partial charge in [-0.1, -0.05) is 29.3 Å². The van der Waals surface area contributed by atoms with Crippen molar-refractivity contribution in [3.8, 4) is 5.75 Å². The van der Waals surface area contributed by atoms with E-state index < -0.39 is 6.10 Å². The molecule has 1 amide bonds. The molecule has 0 radical (unpaired) electrons. The fraction of sp³-hybridized carbons (Fsp3) is 0.235. The van der Waals surface area contributed by atoms with Crippen molar-refractivity contribution in [2.75, 3.05) is 5.32 Å². The van der Waals surface area contributed by atoms with Crippen molar-refractivity contribution in [2.24, 2.45) is 0 Å². The lowest BCUT2D eigenvalue weighted by Gasteiger charge is -2.17. The van der Waals surface area contributed by atoms with Crippen molar-refractivity contribution < 1.29 is 9.53 Å². The van der Waals surface area contributed by atoms with E-state index in [1.54, 1.807) is 25.1 Å². The molecular weight excluding hydrogens is 401 g/mol. The smallest absolute Gasteiger partial charge is 0.265 e. The van der Waals surface area contributed by atoms with E-state index in [2.05, 4.69) is 21.2 Å². The number of nitrogens with one attached hydrogen (secondary N) is 1. The Labute approximate surface area is 154 Å². The van der Waals surface area contributed by atoms with Gasteiger partial charge in [0.1, 0.15) is 5.75 Å². The van der Waals surface area contributed by atoms with Crippen LogP contribution < -0.4 is 10.1 Å². The first-order chi connectivity index (χ1) is 10.8. The average Bonchev–Trinajstić information content (AvgIpc) is 2.45. The highest BCUT2D eigenvalue weighted by Gasteiger charge is 2.18. The molecule has 0 aliphatic heterocycles. The average molecular weight is 417 g/mol. The minimum Gasteiger partial charge on any atom is -0.480 e. The lowest BCUT2D eigenvalue weighted by Crippen LogP contribution is -2.30. The second kappa shape index (κ2) is 7.56. The summed E-state index contributed by atoms with van der Waals surface area (Å²) in [5, 5.41) is 3.92. The van der Waals surface area contributed by atoms with Crippen LogP contribution in [-0.2, 0) is 4.79 Å². The van der Waals surface area contributed by atoms with Gasteiger partial charge in [-0.05, 0) is 72.1 Å². The van der Waals surface area contributed by atoms with E-state index in [1.165, 1.54) is 0 Å². The van der Waals surface area contributed by atoms with Gasteiger partial charge in [-0.15, -0.1) is 0 Å². The van der Waals surface area contributed by atoms with Gasteiger partial charge in [0.05, 0.1) is 15.2 Å². The van der Waals surface area contributed by atoms with Crippen LogP contribution in [0.3, 0.4) is 0 Å². The van der Waals surface area contributed by atoms with Gasteiger partial charge < -0.3 is 10.1 Å². The normalized spacial score (nSPS) is 11.9. The van der Waals surface area contributed by atoms with Crippen LogP contribution in [0.4, 0.5) is 5.69 Å². The first kappa shape index (κ1) is 18.1. The van der Waals surface area contributed by atoms with Crippen LogP contribution in [-0.4, -0.2) is 12.0 Å². The Bertz CT molecular complexity index is 726. The Kier molecular flexibility index (Phi) is 5.95. The summed E-state index contributed by atoms with van der Waals surface area (Å²) in [4.78, 5) is 12.3. The van der Waals surface area contributed by atoms with E-state index in [1.807, 2.05) is 26.0 Å². The van der Waals surface area contributed by atoms with Gasteiger partial charge in [0.2, 0.25) is 0 Å². The fourth-order valence-corrected chi connectivity index (χ4v) is 3.26. The molecule has 0 bridgehead atoms. The number of halogens is 3. The lowest BCUT2D eigenvalue weighted by atomic mass is 10.1. The number of hydrogen-bond donors (Lipinski definition) is 1. The molecule has 1 N–H and O–H groups in total. The van der Waals surface area contributed by atoms with E-state index in [-0.39, 0.29) is 5.91 Å². The molecule has 122 valence electrons. The molecular formula is C17H16BrCl2NO2. The van der Waals surface area contributed by atoms with Crippen molar-refractivity contribution in [3.63, 3.8) is 0 Å². The third kappa shape index (κ3) is 4.63. The third-order valence-electron chi connectivity index (χ3n) is 3.25. The second-order valence-electron chi connectivity index (χ2n) is 5.26. The Hall–Kier alpha value is -1.23. The summed E-state index contributed by atoms with van der Waals surface area (Å²) in [5.41, 5.74) is 2.55. The van der Waals surface area contributed by atoms with Crippen LogP contribution in [0, 0.1) is 13.8 Å². The molecule has 2 aromatic rings. The standard InChI is InChI=1S/C17H16BrCl2NO2/c1-9-6-10(2)16(14(20)7-9)21-17(22)11(3)23-15-5-4-12(19)8-13(15)18/h4-8,11H,1-3H3,(H,21,22). The highest BCUT2D eigenvalue weighted by molar-refractivity contribution is 9.10. The van der Waals surface area contributed by atoms with Crippen LogP contribution in [0.1, 0.15) is 18.1 Å². The summed E-state index contributed by atoms with van der Waals surface area (Å²) in [6, 6.07) is 8.89. The quantitative estimate of drug-likeness (QED) is 0.685. The van der Waals surface area contributed by atoms with Crippen LogP contribution in [0.2, 0.25) is 10.0 Å². The number of aryl methyl sites for hydroxylation is 2. The molecule has 1 atom stereocenters. The van der Waals surface area contributed by atoms with Crippen LogP contribution >= 0.6 is 39.1 Å². The minimum atomic E-state index is -0.691. The van der Waals surface area contributed by atoms with Crippen LogP contribution in [0.25, 0.3) is 0 Å². The highest BCUT2D eigenvalue weighted by atomic mass is 79.9. The van der Waals surface area contributed by atoms with E-state index >= 15 is 0 Å². The summed E-state index contributed by atoms with van der Waals surface area (Å²) in [6.07, 6.45) is -0.691. The zero-order chi connectivity index (χ0) is 17.1. The highest BCUT2D eigenvalue weighted by Crippen LogP contribution is 2.30. The first-order valence-electron chi connectivity index (χ1n) is 6.97. The lowest BCUT2D eigenvalue weighted by molar-refractivity contribution is -0.122. The van der Waals surface area contributed by atoms with Gasteiger partial charge in [0, 0.05) is 5.02 Å². The monoisotopic (exact) mass is 415 g/mol. The number of ether oxygens (including phenoxy) is 1. The summed E-state index contributed by atoms with van der Waals surface area (Å²) < 4.78 is 6.37. The summed E-state index contributed by atoms with van der Waals surface area (Å²) in [7, 11) is 0. The Balaban J connectivity index is 2.11. The molecule has 23 heavy (non-hydrogen) atoms. The van der Waals surface area contributed by atoms with Crippen molar-refractivity contribution in [1.29, 1.82) is 0 Å². The minimum absolute atomic E-state index is 0.277. The molecule has 0 aromatic heterocycles. The van der Waals surface area contributed by atoms with E-state index in [0.717, 1.165) is 11.1 Å². The summed E-state index contributed by atoms with van der Waals surface area (Å²) >= 11 is 15.5. The maximum Gasteiger partial charge on any atom is 0.265 e. The number of rotatable bonds is 4. The maximum absolute atomic E-state index is 12.3. The summed E-state index contributed by atoms with van der Waals surface area (Å²) in [6.45, 7) is 5.53. The molecule has 0 aliphatic carbocycles. The second-order valence-corrected chi connectivity index (χ2v) is 6.96. The molecule has 0 heterocycles. The molecule has 0 fully saturated rings. The maximum atomic E-state index is 12.3. The molecule has 0 saturated heterocycles. The molecule has 0 saturated carbocycles. The Morgan fingerprint density at radius 3 is 2.52 bits per heavy atom. The predicted octanol–water partition coefficient (Wildman–Crippen LogP) is 5.78. The van der Waals surface area contributed by atoms with Gasteiger partial charge in [-0.3, -0.25) is 4.79 Å². The van der Waals surface area contributed by atoms with E-state index in [9.17, 15) is 4.79 Å². The largest absolute Gasteiger partial charge is 0.480 e. The van der Waals surface area contributed by atoms with E-state index in [4.69, 9.17) is 27.9 Å². The van der Waals surface area contributed by atoms with Crippen molar-refractivity contribution >= 4 is 50.7 Å². The Morgan fingerprint density at radius 2 is 1.91 bits per heavy atom. The number of benzene rings is 2. The number of anilines is 1. The topological polar surface area (TPSA) is 38.3 Å². The molecule has 6 heteroatoms. The van der Waals surface area contributed by atoms with Gasteiger partial charge in [-0.2, -0.15) is 0 Å². The third-order valence-corrected chi connectivity index (χ3v) is 4.40. The molecule has 1 unspecified atom stereocenters. The SMILES string of the molecule is Cc1cc(C)c(NC(=O)C(C)Oc2ccc(Cl)cc2Br)c(Cl)c1. The van der Waals surface area contributed by atoms with Crippen LogP contribution in [0.5, 0.6) is 5.75 Å². The van der Waals surface area contributed by atoms with Crippen molar-refractivity contribution in [1.82, 2.24) is 0 Å². The predicted molar refractivity (Wildman–Crippen MR) is 98.8 cm³/mol. The number of amides is 1. The van der Waals surface area contributed by atoms with Gasteiger partial charge >= 0.3 is 0 Å². The zero-order valence-electron chi connectivity index (χ0n) is 12.9. The van der Waals surface area contributed by atoms with Crippen molar-refractivity contribution in [3.05, 3.63) is 56.0 Å². The fourth-order valence-electron chi connectivity index (χ4n) is 2.11. The zero-order valence-corrected chi connectivity index (χ0v) is 16.0. The first-order valence-corrected chi connectivity index (χ1v) is 8.52. The van der Waals surface area contributed by atoms with Crippen LogP contribution in [0.15, 0.2) is 34.8 Å². The number of hydrogen-bond acceptors (Lipinski definition) is 2. The van der Waals surface area contributed by atoms with E-state index in [0.29, 0.717) is 26.0 Å². The summed E-state index contributed by atoms with van der Waals surface area (Å²) in [5.74, 6) is 0.268. The molecule has 2 rings (SSSR count). The van der Waals surface area contributed by atoms with Gasteiger partial charge in [0.25, 0.3) is 5.91 Å². The number of carbonyl (C=O) groups is 1. The molecule has 0 spiro atoms. The van der Waals surface area contributed by atoms with Gasteiger partial charge in [0.15, 0.2) is 6.10 Å². The Morgan fingerprint density at radius 1 is 1.22 bits per heavy atom. The molecule has 2 aromatic carbocycles.